The number of carboxylic acids is 2. The van der Waals surface area contributed by atoms with Gasteiger partial charge in [-0.1, -0.05) is 40.0 Å². The van der Waals surface area contributed by atoms with Crippen molar-refractivity contribution in [2.24, 2.45) is 11.5 Å². The van der Waals surface area contributed by atoms with Crippen molar-refractivity contribution in [2.45, 2.75) is 65.3 Å². The van der Waals surface area contributed by atoms with E-state index in [9.17, 15) is 9.59 Å². The minimum Gasteiger partial charge on any atom is -0.481 e. The minimum absolute atomic E-state index is 0.222. The average molecular weight is 278 g/mol. The molecule has 1 unspecified atom stereocenters. The number of nitrogens with two attached hydrogens (primary N) is 2. The molecule has 0 radical (unpaired) electrons. The molecule has 0 aromatic carbocycles. The highest BCUT2D eigenvalue weighted by atomic mass is 16.4. The molecule has 0 heterocycles. The number of rotatable bonds is 7. The van der Waals surface area contributed by atoms with E-state index in [1.54, 1.807) is 13.8 Å². The molecule has 0 aliphatic heterocycles. The van der Waals surface area contributed by atoms with Crippen molar-refractivity contribution in [3.05, 3.63) is 0 Å². The molecule has 0 bridgehead atoms. The lowest BCUT2D eigenvalue weighted by molar-refractivity contribution is -0.137. The van der Waals surface area contributed by atoms with E-state index in [2.05, 4.69) is 6.92 Å². The van der Waals surface area contributed by atoms with Gasteiger partial charge in [0.2, 0.25) is 0 Å². The van der Waals surface area contributed by atoms with Gasteiger partial charge in [-0.3, -0.25) is 9.59 Å². The van der Waals surface area contributed by atoms with Gasteiger partial charge in [-0.05, 0) is 6.42 Å². The number of carboxylic acid groups (broad SMARTS) is 2. The molecule has 6 N–H and O–H groups in total. The van der Waals surface area contributed by atoms with Gasteiger partial charge in [-0.25, -0.2) is 0 Å². The Bertz CT molecular complexity index is 197. The summed E-state index contributed by atoms with van der Waals surface area (Å²) in [4.78, 5) is 18.7. The Morgan fingerprint density at radius 2 is 1.37 bits per heavy atom. The van der Waals surface area contributed by atoms with Crippen molar-refractivity contribution in [1.29, 1.82) is 0 Å². The SMILES string of the molecule is CCC(=O)O.CCC(=O)O.CCCCCC(N)CN. The summed E-state index contributed by atoms with van der Waals surface area (Å²) < 4.78 is 0. The molecule has 0 fully saturated rings. The van der Waals surface area contributed by atoms with Crippen LogP contribution >= 0.6 is 0 Å². The van der Waals surface area contributed by atoms with Crippen LogP contribution < -0.4 is 11.5 Å². The molecule has 0 saturated carbocycles. The van der Waals surface area contributed by atoms with Gasteiger partial charge in [0.25, 0.3) is 0 Å². The summed E-state index contributed by atoms with van der Waals surface area (Å²) in [6.45, 7) is 6.02. The highest BCUT2D eigenvalue weighted by Crippen LogP contribution is 1.99. The Balaban J connectivity index is -0.000000219. The second kappa shape index (κ2) is 19.2. The first-order chi connectivity index (χ1) is 8.85. The van der Waals surface area contributed by atoms with E-state index >= 15 is 0 Å². The molecule has 1 atom stereocenters. The van der Waals surface area contributed by atoms with Crippen LogP contribution in [0.5, 0.6) is 0 Å². The first-order valence-electron chi connectivity index (χ1n) is 6.74. The Labute approximate surface area is 116 Å². The zero-order valence-corrected chi connectivity index (χ0v) is 12.4. The van der Waals surface area contributed by atoms with Crippen LogP contribution in [0.25, 0.3) is 0 Å². The van der Waals surface area contributed by atoms with Gasteiger partial charge in [0.05, 0.1) is 0 Å². The molecule has 0 aromatic heterocycles. The first-order valence-corrected chi connectivity index (χ1v) is 6.74. The van der Waals surface area contributed by atoms with Crippen LogP contribution in [0.15, 0.2) is 0 Å². The van der Waals surface area contributed by atoms with E-state index in [0.717, 1.165) is 6.42 Å². The first kappa shape index (κ1) is 23.0. The monoisotopic (exact) mass is 278 g/mol. The maximum atomic E-state index is 9.37. The van der Waals surface area contributed by atoms with E-state index in [4.69, 9.17) is 21.7 Å². The lowest BCUT2D eigenvalue weighted by atomic mass is 10.1. The van der Waals surface area contributed by atoms with Gasteiger partial charge in [-0.2, -0.15) is 0 Å². The van der Waals surface area contributed by atoms with Crippen LogP contribution in [-0.2, 0) is 9.59 Å². The summed E-state index contributed by atoms with van der Waals surface area (Å²) in [6.07, 6.45) is 5.31. The normalized spacial score (nSPS) is 10.4. The summed E-state index contributed by atoms with van der Waals surface area (Å²) >= 11 is 0. The van der Waals surface area contributed by atoms with Crippen LogP contribution in [-0.4, -0.2) is 34.7 Å². The van der Waals surface area contributed by atoms with E-state index in [-0.39, 0.29) is 18.9 Å². The molecule has 0 saturated heterocycles. The summed E-state index contributed by atoms with van der Waals surface area (Å²) in [7, 11) is 0. The van der Waals surface area contributed by atoms with Gasteiger partial charge in [0.15, 0.2) is 0 Å². The third kappa shape index (κ3) is 38.3. The fourth-order valence-electron chi connectivity index (χ4n) is 0.774. The second-order valence-electron chi connectivity index (χ2n) is 3.99. The Morgan fingerprint density at radius 1 is 1.00 bits per heavy atom. The molecule has 6 nitrogen and oxygen atoms in total. The van der Waals surface area contributed by atoms with Crippen molar-refractivity contribution in [3.8, 4) is 0 Å². The predicted octanol–water partition coefficient (Wildman–Crippen LogP) is 1.81. The maximum Gasteiger partial charge on any atom is 0.303 e. The van der Waals surface area contributed by atoms with E-state index < -0.39 is 11.9 Å². The van der Waals surface area contributed by atoms with Crippen molar-refractivity contribution < 1.29 is 19.8 Å². The van der Waals surface area contributed by atoms with Crippen molar-refractivity contribution in [3.63, 3.8) is 0 Å². The van der Waals surface area contributed by atoms with E-state index in [1.807, 2.05) is 0 Å². The molecule has 6 heteroatoms. The molecule has 0 spiro atoms. The van der Waals surface area contributed by atoms with E-state index in [0.29, 0.717) is 6.54 Å². The largest absolute Gasteiger partial charge is 0.481 e. The molecule has 0 aliphatic rings. The van der Waals surface area contributed by atoms with Gasteiger partial charge < -0.3 is 21.7 Å². The van der Waals surface area contributed by atoms with Crippen LogP contribution in [0.3, 0.4) is 0 Å². The van der Waals surface area contributed by atoms with Crippen LogP contribution in [0, 0.1) is 0 Å². The molecule has 0 rings (SSSR count). The molecule has 0 amide bonds. The molecular weight excluding hydrogens is 248 g/mol. The average Bonchev–Trinajstić information content (AvgIpc) is 2.40. The standard InChI is InChI=1S/C7H18N2.2C3H6O2/c1-2-3-4-5-7(9)6-8;2*1-2-3(4)5/h7H,2-6,8-9H2,1H3;2*2H2,1H3,(H,4,5). The van der Waals surface area contributed by atoms with Crippen LogP contribution in [0.2, 0.25) is 0 Å². The van der Waals surface area contributed by atoms with E-state index in [1.165, 1.54) is 19.3 Å². The number of hydrogen-bond acceptors (Lipinski definition) is 4. The van der Waals surface area contributed by atoms with Crippen molar-refractivity contribution in [2.75, 3.05) is 6.54 Å². The highest BCUT2D eigenvalue weighted by molar-refractivity contribution is 5.66. The van der Waals surface area contributed by atoms with Gasteiger partial charge in [0.1, 0.15) is 0 Å². The Hall–Kier alpha value is -1.14. The highest BCUT2D eigenvalue weighted by Gasteiger charge is 1.96. The van der Waals surface area contributed by atoms with Crippen molar-refractivity contribution in [1.82, 2.24) is 0 Å². The van der Waals surface area contributed by atoms with Crippen LogP contribution in [0.4, 0.5) is 0 Å². The maximum absolute atomic E-state index is 9.37. The molecule has 0 aromatic rings. The summed E-state index contributed by atoms with van der Waals surface area (Å²) in [6, 6.07) is 0.233. The van der Waals surface area contributed by atoms with Gasteiger partial charge >= 0.3 is 11.9 Å². The number of carbonyl (C=O) groups is 2. The predicted molar refractivity (Wildman–Crippen MR) is 77.0 cm³/mol. The third-order valence-electron chi connectivity index (χ3n) is 2.09. The molecule has 116 valence electrons. The van der Waals surface area contributed by atoms with Gasteiger partial charge in [0, 0.05) is 25.4 Å². The summed E-state index contributed by atoms with van der Waals surface area (Å²) in [5.74, 6) is -1.49. The molecule has 19 heavy (non-hydrogen) atoms. The minimum atomic E-state index is -0.745. The van der Waals surface area contributed by atoms with Gasteiger partial charge in [-0.15, -0.1) is 0 Å². The zero-order chi connectivity index (χ0) is 15.7. The molecule has 0 aliphatic carbocycles. The third-order valence-corrected chi connectivity index (χ3v) is 2.09. The number of aliphatic carboxylic acids is 2. The number of hydrogen-bond donors (Lipinski definition) is 4. The second-order valence-corrected chi connectivity index (χ2v) is 3.99. The summed E-state index contributed by atoms with van der Waals surface area (Å²) in [5.41, 5.74) is 10.9. The summed E-state index contributed by atoms with van der Waals surface area (Å²) in [5, 5.41) is 15.4. The zero-order valence-electron chi connectivity index (χ0n) is 12.4. The van der Waals surface area contributed by atoms with Crippen LogP contribution in [0.1, 0.15) is 59.3 Å². The lowest BCUT2D eigenvalue weighted by Gasteiger charge is -2.05. The van der Waals surface area contributed by atoms with Crippen molar-refractivity contribution >= 4 is 11.9 Å². The fourth-order valence-corrected chi connectivity index (χ4v) is 0.774. The Morgan fingerprint density at radius 3 is 1.58 bits per heavy atom. The topological polar surface area (TPSA) is 127 Å². The Kier molecular flexibility index (Phi) is 23.2. The fraction of sp³-hybridized carbons (Fsp3) is 0.846. The smallest absolute Gasteiger partial charge is 0.303 e. The quantitative estimate of drug-likeness (QED) is 0.526. The molecular formula is C13H30N2O4. The number of unbranched alkanes of at least 4 members (excludes halogenated alkanes) is 2. The lowest BCUT2D eigenvalue weighted by Crippen LogP contribution is -2.29.